The number of rotatable bonds is 7. The molecule has 0 aromatic heterocycles. The van der Waals surface area contributed by atoms with Crippen LogP contribution in [0.5, 0.6) is 11.5 Å². The summed E-state index contributed by atoms with van der Waals surface area (Å²) in [6.07, 6.45) is 3.46. The first-order chi connectivity index (χ1) is 14.1. The second-order valence-electron chi connectivity index (χ2n) is 6.23. The maximum absolute atomic E-state index is 12.3. The van der Waals surface area contributed by atoms with E-state index in [1.807, 2.05) is 30.3 Å². The molecular weight excluding hydrogens is 372 g/mol. The number of hydrazone groups is 1. The maximum atomic E-state index is 12.3. The number of methoxy groups -OCH3 is 2. The molecule has 3 rings (SSSR count). The molecular formula is C22H22N2O5. The SMILES string of the molecule is COc1ccc(OC)c(/C=C/C(=O)OCC(=O)N2CCC(c3ccccc3)=N2)c1. The minimum atomic E-state index is -0.630. The zero-order valence-corrected chi connectivity index (χ0v) is 16.3. The molecule has 1 amide bonds. The Balaban J connectivity index is 1.55. The standard InChI is InChI=1S/C22H22N2O5/c1-27-18-9-10-20(28-2)17(14-18)8-11-22(26)29-15-21(25)24-13-12-19(23-24)16-6-4-3-5-7-16/h3-11,14H,12-13,15H2,1-2H3/b11-8+. The summed E-state index contributed by atoms with van der Waals surface area (Å²) >= 11 is 0. The molecule has 1 aliphatic heterocycles. The van der Waals surface area contributed by atoms with Crippen LogP contribution in [0, 0.1) is 0 Å². The fourth-order valence-corrected chi connectivity index (χ4v) is 2.85. The molecule has 0 bridgehead atoms. The van der Waals surface area contributed by atoms with Crippen molar-refractivity contribution in [3.63, 3.8) is 0 Å². The largest absolute Gasteiger partial charge is 0.497 e. The van der Waals surface area contributed by atoms with Crippen molar-refractivity contribution >= 4 is 23.7 Å². The van der Waals surface area contributed by atoms with Gasteiger partial charge >= 0.3 is 5.97 Å². The molecule has 0 fully saturated rings. The first-order valence-electron chi connectivity index (χ1n) is 9.11. The lowest BCUT2D eigenvalue weighted by atomic mass is 10.1. The van der Waals surface area contributed by atoms with Crippen LogP contribution in [0.3, 0.4) is 0 Å². The average Bonchev–Trinajstić information content (AvgIpc) is 3.27. The Morgan fingerprint density at radius 3 is 2.62 bits per heavy atom. The summed E-state index contributed by atoms with van der Waals surface area (Å²) < 4.78 is 15.5. The number of amides is 1. The Hall–Kier alpha value is -3.61. The Bertz CT molecular complexity index is 937. The molecule has 1 heterocycles. The van der Waals surface area contributed by atoms with Gasteiger partial charge in [-0.15, -0.1) is 0 Å². The maximum Gasteiger partial charge on any atom is 0.331 e. The monoisotopic (exact) mass is 394 g/mol. The van der Waals surface area contributed by atoms with Gasteiger partial charge in [-0.2, -0.15) is 5.10 Å². The minimum absolute atomic E-state index is 0.364. The van der Waals surface area contributed by atoms with E-state index in [9.17, 15) is 9.59 Å². The predicted octanol–water partition coefficient (Wildman–Crippen LogP) is 2.90. The number of hydrogen-bond acceptors (Lipinski definition) is 6. The molecule has 29 heavy (non-hydrogen) atoms. The van der Waals surface area contributed by atoms with Crippen LogP contribution in [0.2, 0.25) is 0 Å². The zero-order valence-electron chi connectivity index (χ0n) is 16.3. The third-order valence-electron chi connectivity index (χ3n) is 4.37. The quantitative estimate of drug-likeness (QED) is 0.533. The van der Waals surface area contributed by atoms with Crippen LogP contribution in [0.15, 0.2) is 59.7 Å². The van der Waals surface area contributed by atoms with Crippen LogP contribution in [-0.4, -0.2) is 50.0 Å². The molecule has 0 atom stereocenters. The number of carbonyl (C=O) groups excluding carboxylic acids is 2. The molecule has 0 saturated carbocycles. The topological polar surface area (TPSA) is 77.4 Å². The molecule has 0 aliphatic carbocycles. The van der Waals surface area contributed by atoms with Crippen molar-refractivity contribution in [3.8, 4) is 11.5 Å². The first kappa shape index (κ1) is 20.1. The van der Waals surface area contributed by atoms with Crippen LogP contribution in [0.4, 0.5) is 0 Å². The Kier molecular flexibility index (Phi) is 6.63. The highest BCUT2D eigenvalue weighted by atomic mass is 16.5. The molecule has 0 N–H and O–H groups in total. The Morgan fingerprint density at radius 1 is 1.10 bits per heavy atom. The van der Waals surface area contributed by atoms with E-state index in [0.717, 1.165) is 11.3 Å². The van der Waals surface area contributed by atoms with Gasteiger partial charge in [0.25, 0.3) is 5.91 Å². The van der Waals surface area contributed by atoms with E-state index < -0.39 is 5.97 Å². The Morgan fingerprint density at radius 2 is 1.90 bits per heavy atom. The van der Waals surface area contributed by atoms with Crippen molar-refractivity contribution in [2.75, 3.05) is 27.4 Å². The van der Waals surface area contributed by atoms with Crippen LogP contribution in [0.25, 0.3) is 6.08 Å². The fourth-order valence-electron chi connectivity index (χ4n) is 2.85. The van der Waals surface area contributed by atoms with Crippen molar-refractivity contribution in [2.24, 2.45) is 5.10 Å². The van der Waals surface area contributed by atoms with E-state index in [1.165, 1.54) is 18.2 Å². The lowest BCUT2D eigenvalue weighted by Gasteiger charge is -2.11. The summed E-state index contributed by atoms with van der Waals surface area (Å²) in [5.41, 5.74) is 2.48. The van der Waals surface area contributed by atoms with E-state index in [-0.39, 0.29) is 12.5 Å². The first-order valence-corrected chi connectivity index (χ1v) is 9.11. The zero-order chi connectivity index (χ0) is 20.6. The predicted molar refractivity (Wildman–Crippen MR) is 109 cm³/mol. The number of esters is 1. The lowest BCUT2D eigenvalue weighted by molar-refractivity contribution is -0.147. The number of carbonyl (C=O) groups is 2. The molecule has 7 heteroatoms. The third-order valence-corrected chi connectivity index (χ3v) is 4.37. The highest BCUT2D eigenvalue weighted by Crippen LogP contribution is 2.25. The van der Waals surface area contributed by atoms with Gasteiger partial charge in [0.1, 0.15) is 11.5 Å². The average molecular weight is 394 g/mol. The van der Waals surface area contributed by atoms with Gasteiger partial charge in [-0.1, -0.05) is 30.3 Å². The molecule has 0 unspecified atom stereocenters. The van der Waals surface area contributed by atoms with Gasteiger partial charge in [0.2, 0.25) is 0 Å². The minimum Gasteiger partial charge on any atom is -0.497 e. The second kappa shape index (κ2) is 9.54. The molecule has 0 spiro atoms. The van der Waals surface area contributed by atoms with Gasteiger partial charge in [0, 0.05) is 18.1 Å². The van der Waals surface area contributed by atoms with Gasteiger partial charge in [-0.3, -0.25) is 4.79 Å². The van der Waals surface area contributed by atoms with E-state index >= 15 is 0 Å². The molecule has 0 radical (unpaired) electrons. The van der Waals surface area contributed by atoms with Crippen molar-refractivity contribution < 1.29 is 23.8 Å². The van der Waals surface area contributed by atoms with Gasteiger partial charge in [0.05, 0.1) is 26.5 Å². The Labute approximate surface area is 169 Å². The van der Waals surface area contributed by atoms with Crippen molar-refractivity contribution in [1.29, 1.82) is 0 Å². The molecule has 1 aliphatic rings. The summed E-state index contributed by atoms with van der Waals surface area (Å²) in [6.45, 7) is 0.0987. The smallest absolute Gasteiger partial charge is 0.331 e. The summed E-state index contributed by atoms with van der Waals surface area (Å²) in [4.78, 5) is 24.3. The summed E-state index contributed by atoms with van der Waals surface area (Å²) in [5.74, 6) is 0.229. The van der Waals surface area contributed by atoms with Crippen molar-refractivity contribution in [1.82, 2.24) is 5.01 Å². The molecule has 7 nitrogen and oxygen atoms in total. The van der Waals surface area contributed by atoms with Gasteiger partial charge in [0.15, 0.2) is 6.61 Å². The molecule has 0 saturated heterocycles. The van der Waals surface area contributed by atoms with E-state index in [0.29, 0.717) is 30.0 Å². The van der Waals surface area contributed by atoms with Crippen LogP contribution in [0.1, 0.15) is 17.5 Å². The third kappa shape index (κ3) is 5.22. The number of benzene rings is 2. The van der Waals surface area contributed by atoms with E-state index in [4.69, 9.17) is 14.2 Å². The highest BCUT2D eigenvalue weighted by Gasteiger charge is 2.22. The highest BCUT2D eigenvalue weighted by molar-refractivity contribution is 6.02. The number of hydrogen-bond donors (Lipinski definition) is 0. The lowest BCUT2D eigenvalue weighted by Crippen LogP contribution is -2.28. The van der Waals surface area contributed by atoms with Crippen LogP contribution >= 0.6 is 0 Å². The summed E-state index contributed by atoms with van der Waals surface area (Å²) in [7, 11) is 3.09. The molecule has 2 aromatic rings. The normalized spacial score (nSPS) is 13.3. The second-order valence-corrected chi connectivity index (χ2v) is 6.23. The summed E-state index contributed by atoms with van der Waals surface area (Å²) in [5, 5.41) is 5.67. The van der Waals surface area contributed by atoms with Crippen LogP contribution in [-0.2, 0) is 14.3 Å². The fraction of sp³-hybridized carbons (Fsp3) is 0.227. The van der Waals surface area contributed by atoms with E-state index in [1.54, 1.807) is 31.4 Å². The van der Waals surface area contributed by atoms with Crippen molar-refractivity contribution in [3.05, 3.63) is 65.7 Å². The van der Waals surface area contributed by atoms with Gasteiger partial charge < -0.3 is 14.2 Å². The van der Waals surface area contributed by atoms with Crippen LogP contribution < -0.4 is 9.47 Å². The molecule has 150 valence electrons. The van der Waals surface area contributed by atoms with Gasteiger partial charge in [-0.05, 0) is 29.8 Å². The number of ether oxygens (including phenoxy) is 3. The van der Waals surface area contributed by atoms with Crippen molar-refractivity contribution in [2.45, 2.75) is 6.42 Å². The summed E-state index contributed by atoms with van der Waals surface area (Å²) in [6, 6.07) is 14.9. The van der Waals surface area contributed by atoms with Gasteiger partial charge in [-0.25, -0.2) is 9.80 Å². The van der Waals surface area contributed by atoms with E-state index in [2.05, 4.69) is 5.10 Å². The molecule has 2 aromatic carbocycles. The number of nitrogens with zero attached hydrogens (tertiary/aromatic N) is 2.